The lowest BCUT2D eigenvalue weighted by Gasteiger charge is -2.37. The molecule has 2 aromatic heterocycles. The summed E-state index contributed by atoms with van der Waals surface area (Å²) in [7, 11) is 1.45. The average Bonchev–Trinajstić information content (AvgIpc) is 2.85. The highest BCUT2D eigenvalue weighted by Crippen LogP contribution is 2.27. The van der Waals surface area contributed by atoms with Gasteiger partial charge in [-0.05, 0) is 50.9 Å². The first-order valence-corrected chi connectivity index (χ1v) is 11.3. The molecule has 2 fully saturated rings. The van der Waals surface area contributed by atoms with E-state index in [4.69, 9.17) is 10.6 Å². The summed E-state index contributed by atoms with van der Waals surface area (Å²) < 4.78 is 14.3. The summed E-state index contributed by atoms with van der Waals surface area (Å²) in [5, 5.41) is 4.08. The fourth-order valence-electron chi connectivity index (χ4n) is 4.66. The number of anilines is 1. The van der Waals surface area contributed by atoms with E-state index >= 15 is 0 Å². The number of hydrogen-bond donors (Lipinski definition) is 1. The van der Waals surface area contributed by atoms with Gasteiger partial charge < -0.3 is 15.5 Å². The number of carbonyl (C=O) groups excluding carboxylic acids is 1. The van der Waals surface area contributed by atoms with E-state index in [0.29, 0.717) is 31.6 Å². The predicted octanol–water partition coefficient (Wildman–Crippen LogP) is 2.09. The smallest absolute Gasteiger partial charge is 0.225 e. The van der Waals surface area contributed by atoms with E-state index in [1.807, 2.05) is 4.90 Å². The maximum absolute atomic E-state index is 14.3. The molecule has 2 saturated heterocycles. The highest BCUT2D eigenvalue weighted by Gasteiger charge is 2.33. The van der Waals surface area contributed by atoms with Crippen molar-refractivity contribution in [2.24, 2.45) is 17.0 Å². The Morgan fingerprint density at radius 1 is 1.12 bits per heavy atom. The number of likely N-dealkylation sites (tertiary alicyclic amines) is 2. The van der Waals surface area contributed by atoms with Crippen molar-refractivity contribution < 1.29 is 14.0 Å². The number of piperidine rings is 2. The van der Waals surface area contributed by atoms with Crippen LogP contribution in [-0.2, 0) is 16.2 Å². The number of halogens is 1. The second-order valence-electron chi connectivity index (χ2n) is 8.59. The third-order valence-electron chi connectivity index (χ3n) is 6.45. The molecule has 176 valence electrons. The monoisotopic (exact) mass is 455 g/mol. The van der Waals surface area contributed by atoms with E-state index in [1.54, 1.807) is 24.7 Å². The number of carbonyl (C=O) groups is 1. The van der Waals surface area contributed by atoms with Gasteiger partial charge in [0.05, 0.1) is 0 Å². The number of amides is 1. The van der Waals surface area contributed by atoms with E-state index in [0.717, 1.165) is 38.0 Å². The van der Waals surface area contributed by atoms with Crippen LogP contribution in [-0.4, -0.2) is 69.7 Å². The lowest BCUT2D eigenvalue weighted by atomic mass is 9.88. The van der Waals surface area contributed by atoms with Gasteiger partial charge in [0.1, 0.15) is 18.5 Å². The fourth-order valence-corrected chi connectivity index (χ4v) is 4.66. The first-order valence-electron chi connectivity index (χ1n) is 11.3. The van der Waals surface area contributed by atoms with Crippen LogP contribution in [0.15, 0.2) is 35.9 Å². The van der Waals surface area contributed by atoms with Gasteiger partial charge in [-0.3, -0.25) is 14.7 Å². The average molecular weight is 456 g/mol. The summed E-state index contributed by atoms with van der Waals surface area (Å²) in [5.74, 6) is 0.128. The number of nitrogens with zero attached hydrogens (tertiary/aromatic N) is 6. The van der Waals surface area contributed by atoms with Crippen molar-refractivity contribution in [3.8, 4) is 0 Å². The Morgan fingerprint density at radius 3 is 2.42 bits per heavy atom. The van der Waals surface area contributed by atoms with Gasteiger partial charge in [0.15, 0.2) is 5.82 Å². The van der Waals surface area contributed by atoms with Gasteiger partial charge in [-0.2, -0.15) is 0 Å². The molecule has 2 aliphatic rings. The van der Waals surface area contributed by atoms with Gasteiger partial charge in [0.2, 0.25) is 11.9 Å². The molecule has 1 amide bonds. The highest BCUT2D eigenvalue weighted by atomic mass is 19.1. The molecule has 10 heteroatoms. The standard InChI is InChI=1S/C23H30FN7O2/c1-33-29-20(21-19(24)3-2-8-26-21)17-6-11-31(12-7-17)22(32)18-4-9-30(10-5-18)15-16-13-27-23(25)28-14-16/h2-3,8,13-14,17-18H,4-7,9-12,15H2,1H3,(H2,25,27,28). The van der Waals surface area contributed by atoms with Gasteiger partial charge >= 0.3 is 0 Å². The Labute approximate surface area is 192 Å². The van der Waals surface area contributed by atoms with Crippen molar-refractivity contribution in [3.05, 3.63) is 47.8 Å². The summed E-state index contributed by atoms with van der Waals surface area (Å²) in [6, 6.07) is 2.93. The van der Waals surface area contributed by atoms with Gasteiger partial charge in [0.25, 0.3) is 0 Å². The lowest BCUT2D eigenvalue weighted by Crippen LogP contribution is -2.46. The Balaban J connectivity index is 1.28. The Bertz CT molecular complexity index is 969. The maximum atomic E-state index is 14.3. The minimum atomic E-state index is -0.413. The zero-order chi connectivity index (χ0) is 23.2. The van der Waals surface area contributed by atoms with Gasteiger partial charge in [-0.25, -0.2) is 14.4 Å². The highest BCUT2D eigenvalue weighted by molar-refractivity contribution is 6.00. The van der Waals surface area contributed by atoms with Gasteiger partial charge in [-0.1, -0.05) is 5.16 Å². The predicted molar refractivity (Wildman–Crippen MR) is 121 cm³/mol. The fraction of sp³-hybridized carbons (Fsp3) is 0.522. The molecule has 33 heavy (non-hydrogen) atoms. The topological polar surface area (TPSA) is 110 Å². The molecule has 2 aliphatic heterocycles. The van der Waals surface area contributed by atoms with Gasteiger partial charge in [0, 0.05) is 55.6 Å². The normalized spacial score (nSPS) is 19.0. The molecule has 2 aromatic rings. The number of aromatic nitrogens is 3. The molecule has 0 aromatic carbocycles. The molecule has 0 atom stereocenters. The van der Waals surface area contributed by atoms with Crippen molar-refractivity contribution >= 4 is 17.6 Å². The number of rotatable bonds is 6. The molecule has 0 bridgehead atoms. The third kappa shape index (κ3) is 5.62. The van der Waals surface area contributed by atoms with Crippen LogP contribution in [0.4, 0.5) is 10.3 Å². The number of nitrogen functional groups attached to an aromatic ring is 1. The first kappa shape index (κ1) is 23.0. The molecule has 2 N–H and O–H groups in total. The molecule has 4 rings (SSSR count). The molecular weight excluding hydrogens is 425 g/mol. The second kappa shape index (κ2) is 10.7. The van der Waals surface area contributed by atoms with Crippen LogP contribution in [0.2, 0.25) is 0 Å². The van der Waals surface area contributed by atoms with Gasteiger partial charge in [-0.15, -0.1) is 0 Å². The Hall–Kier alpha value is -3.14. The minimum absolute atomic E-state index is 0.00220. The third-order valence-corrected chi connectivity index (χ3v) is 6.45. The van der Waals surface area contributed by atoms with Crippen molar-refractivity contribution in [2.45, 2.75) is 32.2 Å². The summed E-state index contributed by atoms with van der Waals surface area (Å²) in [6.07, 6.45) is 8.15. The van der Waals surface area contributed by atoms with E-state index in [9.17, 15) is 9.18 Å². The van der Waals surface area contributed by atoms with Crippen LogP contribution in [0.3, 0.4) is 0 Å². The van der Waals surface area contributed by atoms with Crippen molar-refractivity contribution in [3.63, 3.8) is 0 Å². The van der Waals surface area contributed by atoms with Crippen molar-refractivity contribution in [1.82, 2.24) is 24.8 Å². The zero-order valence-electron chi connectivity index (χ0n) is 18.9. The molecule has 0 unspecified atom stereocenters. The zero-order valence-corrected chi connectivity index (χ0v) is 18.9. The van der Waals surface area contributed by atoms with Crippen LogP contribution >= 0.6 is 0 Å². The molecule has 0 radical (unpaired) electrons. The summed E-state index contributed by atoms with van der Waals surface area (Å²) >= 11 is 0. The molecular formula is C23H30FN7O2. The summed E-state index contributed by atoms with van der Waals surface area (Å²) in [6.45, 7) is 3.74. The Kier molecular flexibility index (Phi) is 7.43. The number of oxime groups is 1. The number of nitrogens with two attached hydrogens (primary N) is 1. The summed E-state index contributed by atoms with van der Waals surface area (Å²) in [4.78, 5) is 34.6. The summed E-state index contributed by atoms with van der Waals surface area (Å²) in [5.41, 5.74) is 7.31. The van der Waals surface area contributed by atoms with Crippen LogP contribution < -0.4 is 5.73 Å². The number of hydrogen-bond acceptors (Lipinski definition) is 8. The maximum Gasteiger partial charge on any atom is 0.225 e. The van der Waals surface area contributed by atoms with E-state index in [2.05, 4.69) is 25.0 Å². The van der Waals surface area contributed by atoms with Crippen LogP contribution in [0.1, 0.15) is 36.9 Å². The van der Waals surface area contributed by atoms with Crippen LogP contribution in [0, 0.1) is 17.7 Å². The molecule has 4 heterocycles. The molecule has 0 aliphatic carbocycles. The minimum Gasteiger partial charge on any atom is -0.399 e. The first-order chi connectivity index (χ1) is 16.0. The molecule has 9 nitrogen and oxygen atoms in total. The van der Waals surface area contributed by atoms with Crippen LogP contribution in [0.25, 0.3) is 0 Å². The largest absolute Gasteiger partial charge is 0.399 e. The van der Waals surface area contributed by atoms with Crippen LogP contribution in [0.5, 0.6) is 0 Å². The van der Waals surface area contributed by atoms with Crippen molar-refractivity contribution in [1.29, 1.82) is 0 Å². The second-order valence-corrected chi connectivity index (χ2v) is 8.59. The molecule has 0 spiro atoms. The molecule has 0 saturated carbocycles. The lowest BCUT2D eigenvalue weighted by molar-refractivity contribution is -0.138. The number of pyridine rings is 1. The quantitative estimate of drug-likeness (QED) is 0.525. The van der Waals surface area contributed by atoms with Crippen molar-refractivity contribution in [2.75, 3.05) is 39.0 Å². The van der Waals surface area contributed by atoms with E-state index in [-0.39, 0.29) is 29.4 Å². The Morgan fingerprint density at radius 2 is 1.79 bits per heavy atom. The van der Waals surface area contributed by atoms with E-state index < -0.39 is 5.82 Å². The SMILES string of the molecule is CON=C(c1ncccc1F)C1CCN(C(=O)C2CCN(Cc3cnc(N)nc3)CC2)CC1. The van der Waals surface area contributed by atoms with E-state index in [1.165, 1.54) is 13.2 Å².